The van der Waals surface area contributed by atoms with E-state index in [4.69, 9.17) is 14.2 Å². The van der Waals surface area contributed by atoms with Crippen LogP contribution in [-0.4, -0.2) is 33.8 Å². The molecule has 0 unspecified atom stereocenters. The lowest BCUT2D eigenvalue weighted by Crippen LogP contribution is -2.19. The molecule has 5 nitrogen and oxygen atoms in total. The van der Waals surface area contributed by atoms with E-state index in [1.165, 1.54) is 13.2 Å². The first-order chi connectivity index (χ1) is 9.17. The Kier molecular flexibility index (Phi) is 5.73. The molecule has 0 aromatic heterocycles. The van der Waals surface area contributed by atoms with Crippen LogP contribution in [0.1, 0.15) is 12.5 Å². The molecule has 0 bridgehead atoms. The van der Waals surface area contributed by atoms with E-state index in [9.17, 15) is 4.79 Å². The summed E-state index contributed by atoms with van der Waals surface area (Å²) < 4.78 is 15.8. The van der Waals surface area contributed by atoms with Crippen molar-refractivity contribution >= 4 is 12.0 Å². The number of hydrogen-bond acceptors (Lipinski definition) is 4. The van der Waals surface area contributed by atoms with Crippen LogP contribution in [0.15, 0.2) is 18.2 Å². The Morgan fingerprint density at radius 2 is 1.84 bits per heavy atom. The van der Waals surface area contributed by atoms with Gasteiger partial charge >= 0.3 is 0 Å². The van der Waals surface area contributed by atoms with E-state index in [1.807, 2.05) is 6.92 Å². The van der Waals surface area contributed by atoms with E-state index >= 15 is 0 Å². The van der Waals surface area contributed by atoms with Gasteiger partial charge in [-0.3, -0.25) is 4.79 Å². The van der Waals surface area contributed by atoms with Gasteiger partial charge in [0.2, 0.25) is 11.7 Å². The van der Waals surface area contributed by atoms with Crippen LogP contribution < -0.4 is 19.5 Å². The van der Waals surface area contributed by atoms with Crippen molar-refractivity contribution in [1.29, 1.82) is 0 Å². The van der Waals surface area contributed by atoms with Crippen molar-refractivity contribution in [2.24, 2.45) is 0 Å². The second-order valence-electron chi connectivity index (χ2n) is 3.65. The first kappa shape index (κ1) is 14.9. The van der Waals surface area contributed by atoms with Gasteiger partial charge in [-0.2, -0.15) is 0 Å². The summed E-state index contributed by atoms with van der Waals surface area (Å²) >= 11 is 0. The number of nitrogens with one attached hydrogen (secondary N) is 1. The number of carbonyl (C=O) groups excluding carboxylic acids is 1. The zero-order valence-corrected chi connectivity index (χ0v) is 11.6. The van der Waals surface area contributed by atoms with E-state index in [2.05, 4.69) is 5.32 Å². The largest absolute Gasteiger partial charge is 0.493 e. The summed E-state index contributed by atoms with van der Waals surface area (Å²) in [4.78, 5) is 11.4. The monoisotopic (exact) mass is 265 g/mol. The standard InChI is InChI=1S/C14H19NO4/c1-5-15-12(16)9-7-10-6-8-11(17-2)14(19-4)13(10)18-3/h6-9H,5H2,1-4H3,(H,15,16)/b9-7+. The van der Waals surface area contributed by atoms with Crippen LogP contribution in [0.25, 0.3) is 6.08 Å². The molecule has 1 N–H and O–H groups in total. The number of amides is 1. The number of benzene rings is 1. The van der Waals surface area contributed by atoms with Gasteiger partial charge in [0, 0.05) is 18.2 Å². The summed E-state index contributed by atoms with van der Waals surface area (Å²) in [5, 5.41) is 2.68. The third kappa shape index (κ3) is 3.64. The molecule has 0 heterocycles. The van der Waals surface area contributed by atoms with Crippen molar-refractivity contribution in [2.45, 2.75) is 6.92 Å². The smallest absolute Gasteiger partial charge is 0.243 e. The van der Waals surface area contributed by atoms with Crippen LogP contribution in [0.3, 0.4) is 0 Å². The van der Waals surface area contributed by atoms with Gasteiger partial charge in [-0.25, -0.2) is 0 Å². The molecule has 0 aliphatic heterocycles. The van der Waals surface area contributed by atoms with Crippen LogP contribution in [0.4, 0.5) is 0 Å². The molecular weight excluding hydrogens is 246 g/mol. The fourth-order valence-electron chi connectivity index (χ4n) is 1.65. The highest BCUT2D eigenvalue weighted by atomic mass is 16.5. The highest BCUT2D eigenvalue weighted by Crippen LogP contribution is 2.40. The van der Waals surface area contributed by atoms with Crippen molar-refractivity contribution in [3.63, 3.8) is 0 Å². The molecule has 1 rings (SSSR count). The van der Waals surface area contributed by atoms with Crippen molar-refractivity contribution < 1.29 is 19.0 Å². The summed E-state index contributed by atoms with van der Waals surface area (Å²) in [7, 11) is 4.64. The second kappa shape index (κ2) is 7.31. The molecule has 0 spiro atoms. The van der Waals surface area contributed by atoms with Gasteiger partial charge in [0.15, 0.2) is 11.5 Å². The van der Waals surface area contributed by atoms with Crippen molar-refractivity contribution in [1.82, 2.24) is 5.32 Å². The van der Waals surface area contributed by atoms with Crippen LogP contribution in [0, 0.1) is 0 Å². The SMILES string of the molecule is CCNC(=O)/C=C/c1ccc(OC)c(OC)c1OC. The van der Waals surface area contributed by atoms with Gasteiger partial charge in [-0.15, -0.1) is 0 Å². The number of likely N-dealkylation sites (N-methyl/N-ethyl adjacent to an activating group) is 1. The Labute approximate surface area is 113 Å². The maximum Gasteiger partial charge on any atom is 0.243 e. The summed E-state index contributed by atoms with van der Waals surface area (Å²) in [6.45, 7) is 2.45. The van der Waals surface area contributed by atoms with Crippen LogP contribution in [0.5, 0.6) is 17.2 Å². The van der Waals surface area contributed by atoms with Gasteiger partial charge in [-0.05, 0) is 25.1 Å². The molecule has 19 heavy (non-hydrogen) atoms. The minimum atomic E-state index is -0.153. The first-order valence-electron chi connectivity index (χ1n) is 5.92. The molecule has 0 saturated carbocycles. The molecule has 0 aliphatic carbocycles. The number of methoxy groups -OCH3 is 3. The Morgan fingerprint density at radius 3 is 2.37 bits per heavy atom. The van der Waals surface area contributed by atoms with E-state index in [1.54, 1.807) is 32.4 Å². The summed E-state index contributed by atoms with van der Waals surface area (Å²) in [5.41, 5.74) is 0.742. The normalized spacial score (nSPS) is 10.3. The number of rotatable bonds is 6. The van der Waals surface area contributed by atoms with Crippen molar-refractivity contribution in [2.75, 3.05) is 27.9 Å². The minimum absolute atomic E-state index is 0.153. The van der Waals surface area contributed by atoms with E-state index in [0.29, 0.717) is 23.8 Å². The second-order valence-corrected chi connectivity index (χ2v) is 3.65. The zero-order valence-electron chi connectivity index (χ0n) is 11.6. The molecule has 0 atom stereocenters. The average molecular weight is 265 g/mol. The molecule has 0 saturated heterocycles. The molecule has 104 valence electrons. The lowest BCUT2D eigenvalue weighted by Gasteiger charge is -2.13. The lowest BCUT2D eigenvalue weighted by molar-refractivity contribution is -0.116. The van der Waals surface area contributed by atoms with Gasteiger partial charge < -0.3 is 19.5 Å². The maximum absolute atomic E-state index is 11.4. The van der Waals surface area contributed by atoms with Crippen molar-refractivity contribution in [3.8, 4) is 17.2 Å². The van der Waals surface area contributed by atoms with Crippen LogP contribution in [-0.2, 0) is 4.79 Å². The number of carbonyl (C=O) groups is 1. The Morgan fingerprint density at radius 1 is 1.16 bits per heavy atom. The molecule has 0 aliphatic rings. The Hall–Kier alpha value is -2.17. The third-order valence-corrected chi connectivity index (χ3v) is 2.50. The molecule has 0 radical (unpaired) electrons. The third-order valence-electron chi connectivity index (χ3n) is 2.50. The molecule has 1 aromatic rings. The number of hydrogen-bond donors (Lipinski definition) is 1. The fraction of sp³-hybridized carbons (Fsp3) is 0.357. The van der Waals surface area contributed by atoms with Gasteiger partial charge in [0.25, 0.3) is 0 Å². The minimum Gasteiger partial charge on any atom is -0.493 e. The molecule has 5 heteroatoms. The fourth-order valence-corrected chi connectivity index (χ4v) is 1.65. The summed E-state index contributed by atoms with van der Waals surface area (Å²) in [6, 6.07) is 3.56. The molecular formula is C14H19NO4. The summed E-state index contributed by atoms with van der Waals surface area (Å²) in [6.07, 6.45) is 3.12. The van der Waals surface area contributed by atoms with Gasteiger partial charge in [0.05, 0.1) is 21.3 Å². The first-order valence-corrected chi connectivity index (χ1v) is 5.92. The Balaban J connectivity index is 3.11. The van der Waals surface area contributed by atoms with Crippen LogP contribution in [0.2, 0.25) is 0 Å². The number of ether oxygens (including phenoxy) is 3. The quantitative estimate of drug-likeness (QED) is 0.798. The van der Waals surface area contributed by atoms with Crippen LogP contribution >= 0.6 is 0 Å². The van der Waals surface area contributed by atoms with Gasteiger partial charge in [0.1, 0.15) is 0 Å². The molecule has 0 fully saturated rings. The Bertz CT molecular complexity index is 469. The topological polar surface area (TPSA) is 56.8 Å². The predicted octanol–water partition coefficient (Wildman–Crippen LogP) is 1.86. The highest BCUT2D eigenvalue weighted by molar-refractivity contribution is 5.92. The zero-order chi connectivity index (χ0) is 14.3. The maximum atomic E-state index is 11.4. The van der Waals surface area contributed by atoms with E-state index in [-0.39, 0.29) is 5.91 Å². The highest BCUT2D eigenvalue weighted by Gasteiger charge is 2.14. The van der Waals surface area contributed by atoms with E-state index in [0.717, 1.165) is 5.56 Å². The molecule has 1 aromatic carbocycles. The predicted molar refractivity (Wildman–Crippen MR) is 73.8 cm³/mol. The summed E-state index contributed by atoms with van der Waals surface area (Å²) in [5.74, 6) is 1.46. The van der Waals surface area contributed by atoms with E-state index < -0.39 is 0 Å². The average Bonchev–Trinajstić information content (AvgIpc) is 2.43. The van der Waals surface area contributed by atoms with Gasteiger partial charge in [-0.1, -0.05) is 0 Å². The lowest BCUT2D eigenvalue weighted by atomic mass is 10.1. The molecule has 1 amide bonds. The van der Waals surface area contributed by atoms with Crippen molar-refractivity contribution in [3.05, 3.63) is 23.8 Å².